The Morgan fingerprint density at radius 1 is 1.06 bits per heavy atom. The third kappa shape index (κ3) is 6.00. The Bertz CT molecular complexity index is 1110. The van der Waals surface area contributed by atoms with Gasteiger partial charge in [-0.15, -0.1) is 0 Å². The smallest absolute Gasteiger partial charge is 0.338 e. The van der Waals surface area contributed by atoms with Crippen molar-refractivity contribution >= 4 is 27.4 Å². The van der Waals surface area contributed by atoms with Crippen LogP contribution in [0, 0.1) is 0 Å². The maximum absolute atomic E-state index is 12.9. The van der Waals surface area contributed by atoms with Crippen LogP contribution in [0.15, 0.2) is 66.1 Å². The molecule has 0 aliphatic carbocycles. The zero-order valence-corrected chi connectivity index (χ0v) is 18.8. The fraction of sp³-hybridized carbons (Fsp3) is 0.333. The fourth-order valence-electron chi connectivity index (χ4n) is 3.76. The number of para-hydroxylation sites is 1. The molecule has 2 heterocycles. The Morgan fingerprint density at radius 2 is 1.82 bits per heavy atom. The second-order valence-corrected chi connectivity index (χ2v) is 9.80. The van der Waals surface area contributed by atoms with Crippen molar-refractivity contribution in [2.75, 3.05) is 30.5 Å². The van der Waals surface area contributed by atoms with Crippen LogP contribution in [-0.4, -0.2) is 58.0 Å². The van der Waals surface area contributed by atoms with Gasteiger partial charge in [-0.2, -0.15) is 0 Å². The molecule has 2 aliphatic rings. The van der Waals surface area contributed by atoms with Crippen molar-refractivity contribution in [3.05, 3.63) is 71.6 Å². The van der Waals surface area contributed by atoms with Gasteiger partial charge in [-0.25, -0.2) is 13.2 Å². The molecule has 0 saturated carbocycles. The molecule has 2 atom stereocenters. The Labute approximate surface area is 192 Å². The molecule has 1 fully saturated rings. The van der Waals surface area contributed by atoms with Crippen LogP contribution in [-0.2, 0) is 24.1 Å². The van der Waals surface area contributed by atoms with Crippen LogP contribution in [0.4, 0.5) is 5.69 Å². The van der Waals surface area contributed by atoms with Crippen molar-refractivity contribution in [3.8, 4) is 5.75 Å². The summed E-state index contributed by atoms with van der Waals surface area (Å²) in [5.41, 5.74) is 0.805. The Hall–Kier alpha value is -3.17. The first-order chi connectivity index (χ1) is 15.9. The molecule has 2 aromatic rings. The molecule has 2 unspecified atom stereocenters. The van der Waals surface area contributed by atoms with E-state index in [0.717, 1.165) is 24.9 Å². The summed E-state index contributed by atoms with van der Waals surface area (Å²) in [6.45, 7) is 0.695. The molecular weight excluding hydrogens is 446 g/mol. The van der Waals surface area contributed by atoms with Crippen LogP contribution in [0.1, 0.15) is 23.2 Å². The number of hydrogen-bond donors (Lipinski definition) is 0. The lowest BCUT2D eigenvalue weighted by Crippen LogP contribution is -2.43. The van der Waals surface area contributed by atoms with Gasteiger partial charge in [0.05, 0.1) is 23.5 Å². The van der Waals surface area contributed by atoms with Gasteiger partial charge >= 0.3 is 5.97 Å². The van der Waals surface area contributed by atoms with Crippen LogP contribution >= 0.6 is 0 Å². The third-order valence-corrected chi connectivity index (χ3v) is 6.80. The van der Waals surface area contributed by atoms with E-state index >= 15 is 0 Å². The summed E-state index contributed by atoms with van der Waals surface area (Å²) in [6.07, 6.45) is 3.57. The van der Waals surface area contributed by atoms with Crippen LogP contribution in [0.2, 0.25) is 0 Å². The maximum atomic E-state index is 12.9. The molecule has 1 saturated heterocycles. The summed E-state index contributed by atoms with van der Waals surface area (Å²) >= 11 is 0. The molecular formula is C24H25NO7S. The second-order valence-electron chi connectivity index (χ2n) is 7.87. The number of nitrogens with zero attached hydrogens (tertiary/aromatic N) is 1. The zero-order chi connectivity index (χ0) is 23.3. The molecule has 0 radical (unpaired) electrons. The van der Waals surface area contributed by atoms with E-state index < -0.39 is 34.4 Å². The van der Waals surface area contributed by atoms with Gasteiger partial charge in [0.15, 0.2) is 16.4 Å². The summed E-state index contributed by atoms with van der Waals surface area (Å²) < 4.78 is 40.2. The number of benzene rings is 2. The standard InChI is InChI=1S/C24H25NO7S/c26-23(25(19-5-2-1-3-6-19)20-12-14-33(28,29)17-20)16-32-24(27)18-8-10-21(11-9-18)31-15-22-7-4-13-30-22/h1-3,5-6,8-12,14,20,22H,4,7,13,15-17H2. The van der Waals surface area contributed by atoms with Crippen LogP contribution in [0.25, 0.3) is 0 Å². The van der Waals surface area contributed by atoms with E-state index in [1.807, 2.05) is 0 Å². The lowest BCUT2D eigenvalue weighted by Gasteiger charge is -2.27. The first kappa shape index (κ1) is 23.0. The molecule has 4 rings (SSSR count). The Balaban J connectivity index is 1.35. The van der Waals surface area contributed by atoms with Crippen molar-refractivity contribution < 1.29 is 32.2 Å². The molecule has 0 N–H and O–H groups in total. The molecule has 1 amide bonds. The van der Waals surface area contributed by atoms with E-state index in [0.29, 0.717) is 18.0 Å². The average molecular weight is 472 g/mol. The zero-order valence-electron chi connectivity index (χ0n) is 18.0. The molecule has 33 heavy (non-hydrogen) atoms. The fourth-order valence-corrected chi connectivity index (χ4v) is 5.03. The SMILES string of the molecule is O=C(OCC(=O)N(c1ccccc1)C1C=CS(=O)(=O)C1)c1ccc(OCC2CCCO2)cc1. The van der Waals surface area contributed by atoms with E-state index in [2.05, 4.69) is 0 Å². The van der Waals surface area contributed by atoms with Gasteiger partial charge in [0.25, 0.3) is 5.91 Å². The van der Waals surface area contributed by atoms with Crippen molar-refractivity contribution in [2.45, 2.75) is 25.0 Å². The summed E-state index contributed by atoms with van der Waals surface area (Å²) in [7, 11) is -3.37. The number of rotatable bonds is 8. The predicted octanol–water partition coefficient (Wildman–Crippen LogP) is 2.75. The highest BCUT2D eigenvalue weighted by atomic mass is 32.2. The van der Waals surface area contributed by atoms with Crippen molar-refractivity contribution in [1.82, 2.24) is 0 Å². The van der Waals surface area contributed by atoms with Gasteiger partial charge in [-0.05, 0) is 55.3 Å². The predicted molar refractivity (Wildman–Crippen MR) is 122 cm³/mol. The summed E-state index contributed by atoms with van der Waals surface area (Å²) in [6, 6.07) is 14.5. The summed E-state index contributed by atoms with van der Waals surface area (Å²) in [4.78, 5) is 26.7. The third-order valence-electron chi connectivity index (χ3n) is 5.42. The van der Waals surface area contributed by atoms with Gasteiger partial charge in [0.2, 0.25) is 0 Å². The van der Waals surface area contributed by atoms with Crippen molar-refractivity contribution in [1.29, 1.82) is 0 Å². The molecule has 0 spiro atoms. The molecule has 2 aromatic carbocycles. The summed E-state index contributed by atoms with van der Waals surface area (Å²) in [5.74, 6) is -0.772. The number of hydrogen-bond acceptors (Lipinski definition) is 7. The first-order valence-corrected chi connectivity index (χ1v) is 12.4. The second kappa shape index (κ2) is 10.2. The van der Waals surface area contributed by atoms with Crippen LogP contribution in [0.3, 0.4) is 0 Å². The molecule has 174 valence electrons. The van der Waals surface area contributed by atoms with Crippen LogP contribution < -0.4 is 9.64 Å². The van der Waals surface area contributed by atoms with Gasteiger partial charge in [0.1, 0.15) is 12.4 Å². The first-order valence-electron chi connectivity index (χ1n) is 10.7. The van der Waals surface area contributed by atoms with E-state index in [9.17, 15) is 18.0 Å². The largest absolute Gasteiger partial charge is 0.491 e. The van der Waals surface area contributed by atoms with Crippen LogP contribution in [0.5, 0.6) is 5.75 Å². The van der Waals surface area contributed by atoms with Gasteiger partial charge < -0.3 is 19.1 Å². The lowest BCUT2D eigenvalue weighted by atomic mass is 10.2. The van der Waals surface area contributed by atoms with E-state index in [4.69, 9.17) is 14.2 Å². The highest BCUT2D eigenvalue weighted by Crippen LogP contribution is 2.23. The van der Waals surface area contributed by atoms with E-state index in [1.165, 1.54) is 11.0 Å². The number of esters is 1. The van der Waals surface area contributed by atoms with Gasteiger partial charge in [-0.3, -0.25) is 4.79 Å². The molecule has 8 nitrogen and oxygen atoms in total. The average Bonchev–Trinajstić information content (AvgIpc) is 3.46. The van der Waals surface area contributed by atoms with E-state index in [1.54, 1.807) is 54.6 Å². The molecule has 0 bridgehead atoms. The van der Waals surface area contributed by atoms with Crippen molar-refractivity contribution in [3.63, 3.8) is 0 Å². The monoisotopic (exact) mass is 471 g/mol. The van der Waals surface area contributed by atoms with Gasteiger partial charge in [0, 0.05) is 17.7 Å². The number of sulfone groups is 1. The number of anilines is 1. The Morgan fingerprint density at radius 3 is 2.45 bits per heavy atom. The van der Waals surface area contributed by atoms with E-state index in [-0.39, 0.29) is 17.4 Å². The number of amides is 1. The highest BCUT2D eigenvalue weighted by Gasteiger charge is 2.31. The van der Waals surface area contributed by atoms with Gasteiger partial charge in [-0.1, -0.05) is 18.2 Å². The minimum atomic E-state index is -3.37. The number of carbonyl (C=O) groups is 2. The minimum absolute atomic E-state index is 0.0953. The Kier molecular flexibility index (Phi) is 7.10. The number of ether oxygens (including phenoxy) is 3. The molecule has 0 aromatic heterocycles. The highest BCUT2D eigenvalue weighted by molar-refractivity contribution is 7.94. The van der Waals surface area contributed by atoms with Crippen molar-refractivity contribution in [2.24, 2.45) is 0 Å². The lowest BCUT2D eigenvalue weighted by molar-refractivity contribution is -0.121. The maximum Gasteiger partial charge on any atom is 0.338 e. The minimum Gasteiger partial charge on any atom is -0.491 e. The molecule has 9 heteroatoms. The number of carbonyl (C=O) groups excluding carboxylic acids is 2. The molecule has 2 aliphatic heterocycles. The normalized spacial score (nSPS) is 21.0. The quantitative estimate of drug-likeness (QED) is 0.546. The summed E-state index contributed by atoms with van der Waals surface area (Å²) in [5, 5.41) is 1.11. The topological polar surface area (TPSA) is 99.2 Å².